The van der Waals surface area contributed by atoms with E-state index in [4.69, 9.17) is 0 Å². The molecule has 3 saturated heterocycles. The van der Waals surface area contributed by atoms with Crippen LogP contribution in [-0.2, 0) is 0 Å². The standard InChI is InChI=1S/C19H21FN2/c1-2-13-12-22-10-8-14(13)11-18(22)19(20)16-7-9-21-17-6-4-3-5-15(16)17/h2-7,9,13-14,18-19H,1,8,10-12H2/t13-,14-,18-,19+/m0/s1. The zero-order chi connectivity index (χ0) is 15.1. The number of hydrogen-bond donors (Lipinski definition) is 0. The van der Waals surface area contributed by atoms with Crippen molar-refractivity contribution in [2.45, 2.75) is 25.1 Å². The van der Waals surface area contributed by atoms with Crippen molar-refractivity contribution in [3.05, 3.63) is 54.7 Å². The van der Waals surface area contributed by atoms with Gasteiger partial charge in [-0.1, -0.05) is 24.3 Å². The minimum Gasteiger partial charge on any atom is -0.297 e. The SMILES string of the molecule is C=C[C@H]1CN2CC[C@H]1C[C@H]2[C@H](F)c1ccnc2ccccc12. The molecule has 2 nitrogen and oxygen atoms in total. The van der Waals surface area contributed by atoms with Crippen LogP contribution >= 0.6 is 0 Å². The molecule has 0 radical (unpaired) electrons. The Hall–Kier alpha value is -1.74. The fourth-order valence-corrected chi connectivity index (χ4v) is 4.25. The number of fused-ring (bicyclic) bond motifs is 4. The molecule has 0 saturated carbocycles. The van der Waals surface area contributed by atoms with E-state index in [-0.39, 0.29) is 6.04 Å². The highest BCUT2D eigenvalue weighted by Crippen LogP contribution is 2.43. The molecule has 5 atom stereocenters. The number of piperidine rings is 3. The van der Waals surface area contributed by atoms with E-state index in [2.05, 4.69) is 22.5 Å². The van der Waals surface area contributed by atoms with Crippen molar-refractivity contribution >= 4 is 10.9 Å². The molecule has 1 unspecified atom stereocenters. The van der Waals surface area contributed by atoms with Gasteiger partial charge in [-0.3, -0.25) is 9.88 Å². The molecule has 0 amide bonds. The van der Waals surface area contributed by atoms with Crippen LogP contribution < -0.4 is 0 Å². The van der Waals surface area contributed by atoms with E-state index in [1.165, 1.54) is 6.42 Å². The molecule has 1 aromatic carbocycles. The van der Waals surface area contributed by atoms with E-state index in [1.807, 2.05) is 30.3 Å². The van der Waals surface area contributed by atoms with Crippen LogP contribution in [0.3, 0.4) is 0 Å². The fourth-order valence-electron chi connectivity index (χ4n) is 4.25. The van der Waals surface area contributed by atoms with E-state index in [1.54, 1.807) is 6.20 Å². The Labute approximate surface area is 130 Å². The second kappa shape index (κ2) is 5.47. The first-order valence-corrected chi connectivity index (χ1v) is 8.12. The van der Waals surface area contributed by atoms with E-state index < -0.39 is 6.17 Å². The minimum absolute atomic E-state index is 0.000700. The molecule has 0 spiro atoms. The number of hydrogen-bond acceptors (Lipinski definition) is 2. The average molecular weight is 296 g/mol. The predicted molar refractivity (Wildman–Crippen MR) is 87.4 cm³/mol. The van der Waals surface area contributed by atoms with Crippen molar-refractivity contribution in [3.8, 4) is 0 Å². The molecular formula is C19H21FN2. The van der Waals surface area contributed by atoms with Crippen LogP contribution in [0.4, 0.5) is 4.39 Å². The molecule has 2 bridgehead atoms. The molecule has 3 fully saturated rings. The predicted octanol–water partition coefficient (Wildman–Crippen LogP) is 4.14. The molecule has 3 heteroatoms. The highest BCUT2D eigenvalue weighted by molar-refractivity contribution is 5.82. The number of alkyl halides is 1. The van der Waals surface area contributed by atoms with Crippen molar-refractivity contribution in [1.29, 1.82) is 0 Å². The molecule has 0 aliphatic carbocycles. The molecule has 4 heterocycles. The number of aromatic nitrogens is 1. The first kappa shape index (κ1) is 13.9. The number of para-hydroxylation sites is 1. The van der Waals surface area contributed by atoms with Crippen LogP contribution in [-0.4, -0.2) is 29.0 Å². The van der Waals surface area contributed by atoms with E-state index >= 15 is 4.39 Å². The van der Waals surface area contributed by atoms with Crippen molar-refractivity contribution in [2.75, 3.05) is 13.1 Å². The molecule has 2 aromatic rings. The summed E-state index contributed by atoms with van der Waals surface area (Å²) in [5, 5.41) is 0.945. The van der Waals surface area contributed by atoms with Crippen LogP contribution in [0.1, 0.15) is 24.6 Å². The maximum absolute atomic E-state index is 15.3. The molecule has 0 N–H and O–H groups in total. The van der Waals surface area contributed by atoms with Gasteiger partial charge in [0.25, 0.3) is 0 Å². The summed E-state index contributed by atoms with van der Waals surface area (Å²) in [6.07, 6.45) is 4.96. The van der Waals surface area contributed by atoms with E-state index in [9.17, 15) is 0 Å². The van der Waals surface area contributed by atoms with Crippen LogP contribution in [0, 0.1) is 11.8 Å². The van der Waals surface area contributed by atoms with Gasteiger partial charge in [-0.05, 0) is 48.9 Å². The fraction of sp³-hybridized carbons (Fsp3) is 0.421. The Balaban J connectivity index is 1.67. The zero-order valence-electron chi connectivity index (χ0n) is 12.7. The highest BCUT2D eigenvalue weighted by Gasteiger charge is 2.42. The van der Waals surface area contributed by atoms with Gasteiger partial charge in [0.05, 0.1) is 5.52 Å². The third kappa shape index (κ3) is 2.15. The summed E-state index contributed by atoms with van der Waals surface area (Å²) in [7, 11) is 0. The van der Waals surface area contributed by atoms with Crippen molar-refractivity contribution in [1.82, 2.24) is 9.88 Å². The van der Waals surface area contributed by atoms with Gasteiger partial charge in [0.1, 0.15) is 6.17 Å². The third-order valence-electron chi connectivity index (χ3n) is 5.47. The highest BCUT2D eigenvalue weighted by atomic mass is 19.1. The zero-order valence-corrected chi connectivity index (χ0v) is 12.7. The summed E-state index contributed by atoms with van der Waals surface area (Å²) in [5.74, 6) is 1.13. The lowest BCUT2D eigenvalue weighted by Crippen LogP contribution is -2.54. The lowest BCUT2D eigenvalue weighted by molar-refractivity contribution is -0.0183. The van der Waals surface area contributed by atoms with Gasteiger partial charge in [0.2, 0.25) is 0 Å². The second-order valence-corrected chi connectivity index (χ2v) is 6.57. The van der Waals surface area contributed by atoms with E-state index in [0.717, 1.165) is 36.0 Å². The summed E-state index contributed by atoms with van der Waals surface area (Å²) >= 11 is 0. The van der Waals surface area contributed by atoms with Crippen LogP contribution in [0.5, 0.6) is 0 Å². The quantitative estimate of drug-likeness (QED) is 0.791. The minimum atomic E-state index is -0.943. The van der Waals surface area contributed by atoms with Gasteiger partial charge in [0, 0.05) is 24.2 Å². The number of pyridine rings is 1. The summed E-state index contributed by atoms with van der Waals surface area (Å²) < 4.78 is 15.3. The molecule has 22 heavy (non-hydrogen) atoms. The summed E-state index contributed by atoms with van der Waals surface area (Å²) in [5.41, 5.74) is 1.67. The van der Waals surface area contributed by atoms with Crippen LogP contribution in [0.15, 0.2) is 49.2 Å². The second-order valence-electron chi connectivity index (χ2n) is 6.57. The molecule has 3 aliphatic heterocycles. The lowest BCUT2D eigenvalue weighted by atomic mass is 9.74. The Bertz CT molecular complexity index is 693. The Morgan fingerprint density at radius 2 is 2.18 bits per heavy atom. The molecule has 114 valence electrons. The summed E-state index contributed by atoms with van der Waals surface area (Å²) in [6.45, 7) is 5.92. The lowest BCUT2D eigenvalue weighted by Gasteiger charge is -2.50. The van der Waals surface area contributed by atoms with E-state index in [0.29, 0.717) is 11.8 Å². The Morgan fingerprint density at radius 1 is 1.32 bits per heavy atom. The third-order valence-corrected chi connectivity index (χ3v) is 5.47. The van der Waals surface area contributed by atoms with Gasteiger partial charge in [-0.15, -0.1) is 6.58 Å². The molecular weight excluding hydrogens is 275 g/mol. The Kier molecular flexibility index (Phi) is 3.45. The van der Waals surface area contributed by atoms with Crippen LogP contribution in [0.25, 0.3) is 10.9 Å². The topological polar surface area (TPSA) is 16.1 Å². The monoisotopic (exact) mass is 296 g/mol. The van der Waals surface area contributed by atoms with Gasteiger partial charge in [-0.25, -0.2) is 4.39 Å². The van der Waals surface area contributed by atoms with Crippen LogP contribution in [0.2, 0.25) is 0 Å². The maximum Gasteiger partial charge on any atom is 0.141 e. The molecule has 1 aromatic heterocycles. The number of benzene rings is 1. The first-order chi connectivity index (χ1) is 10.8. The average Bonchev–Trinajstić information content (AvgIpc) is 2.60. The first-order valence-electron chi connectivity index (χ1n) is 8.12. The van der Waals surface area contributed by atoms with Crippen molar-refractivity contribution < 1.29 is 4.39 Å². The Morgan fingerprint density at radius 3 is 2.95 bits per heavy atom. The normalized spacial score (nSPS) is 32.0. The van der Waals surface area contributed by atoms with Gasteiger partial charge < -0.3 is 0 Å². The molecule has 5 rings (SSSR count). The molecule has 3 aliphatic rings. The van der Waals surface area contributed by atoms with Gasteiger partial charge in [0.15, 0.2) is 0 Å². The summed E-state index contributed by atoms with van der Waals surface area (Å²) in [4.78, 5) is 6.67. The van der Waals surface area contributed by atoms with Gasteiger partial charge in [-0.2, -0.15) is 0 Å². The smallest absolute Gasteiger partial charge is 0.141 e. The summed E-state index contributed by atoms with van der Waals surface area (Å²) in [6, 6.07) is 9.69. The van der Waals surface area contributed by atoms with Gasteiger partial charge >= 0.3 is 0 Å². The maximum atomic E-state index is 15.3. The number of halogens is 1. The number of nitrogens with zero attached hydrogens (tertiary/aromatic N) is 2. The van der Waals surface area contributed by atoms with Crippen molar-refractivity contribution in [3.63, 3.8) is 0 Å². The van der Waals surface area contributed by atoms with Crippen molar-refractivity contribution in [2.24, 2.45) is 11.8 Å². The largest absolute Gasteiger partial charge is 0.297 e. The number of rotatable bonds is 3.